The summed E-state index contributed by atoms with van der Waals surface area (Å²) in [7, 11) is 0. The highest BCUT2D eigenvalue weighted by Gasteiger charge is 2.35. The molecule has 114 valence electrons. The lowest BCUT2D eigenvalue weighted by Crippen LogP contribution is -2.57. The average molecular weight is 325 g/mol. The Morgan fingerprint density at radius 3 is 2.29 bits per heavy atom. The Labute approximate surface area is 136 Å². The molecule has 21 heavy (non-hydrogen) atoms. The van der Waals surface area contributed by atoms with E-state index in [1.165, 1.54) is 6.42 Å². The molecular formula is C16H21ClN2OS. The number of thiocarbonyl (C=S) groups is 1. The van der Waals surface area contributed by atoms with Crippen LogP contribution in [0.5, 0.6) is 0 Å². The molecule has 0 radical (unpaired) electrons. The van der Waals surface area contributed by atoms with Crippen LogP contribution in [-0.4, -0.2) is 16.4 Å². The minimum absolute atomic E-state index is 0.200. The van der Waals surface area contributed by atoms with Crippen LogP contribution >= 0.6 is 23.8 Å². The van der Waals surface area contributed by atoms with E-state index in [-0.39, 0.29) is 5.91 Å². The number of hydrogen-bond donors (Lipinski definition) is 2. The van der Waals surface area contributed by atoms with Gasteiger partial charge in [-0.3, -0.25) is 4.79 Å². The molecule has 0 aliphatic heterocycles. The SMILES string of the molecule is NC(=S)C1(NC(=O)c2ccccc2Cl)CCCCCCC1. The van der Waals surface area contributed by atoms with Gasteiger partial charge in [0.1, 0.15) is 0 Å². The van der Waals surface area contributed by atoms with Crippen LogP contribution in [0.15, 0.2) is 24.3 Å². The molecule has 1 aromatic rings. The zero-order valence-corrected chi connectivity index (χ0v) is 13.6. The summed E-state index contributed by atoms with van der Waals surface area (Å²) in [6.45, 7) is 0. The number of nitrogens with one attached hydrogen (secondary N) is 1. The molecule has 1 amide bonds. The van der Waals surface area contributed by atoms with Gasteiger partial charge in [0, 0.05) is 0 Å². The monoisotopic (exact) mass is 324 g/mol. The van der Waals surface area contributed by atoms with Crippen LogP contribution in [0.3, 0.4) is 0 Å². The third kappa shape index (κ3) is 3.95. The van der Waals surface area contributed by atoms with Crippen LogP contribution in [0.4, 0.5) is 0 Å². The van der Waals surface area contributed by atoms with Crippen molar-refractivity contribution in [2.45, 2.75) is 50.5 Å². The third-order valence-electron chi connectivity index (χ3n) is 4.15. The lowest BCUT2D eigenvalue weighted by atomic mass is 9.83. The second kappa shape index (κ2) is 7.23. The zero-order valence-electron chi connectivity index (χ0n) is 12.0. The van der Waals surface area contributed by atoms with Crippen molar-refractivity contribution in [2.75, 3.05) is 0 Å². The second-order valence-electron chi connectivity index (χ2n) is 5.65. The van der Waals surface area contributed by atoms with Crippen LogP contribution in [0.1, 0.15) is 55.3 Å². The van der Waals surface area contributed by atoms with Crippen molar-refractivity contribution < 1.29 is 4.79 Å². The fourth-order valence-corrected chi connectivity index (χ4v) is 3.35. The Bertz CT molecular complexity index is 525. The minimum Gasteiger partial charge on any atom is -0.391 e. The van der Waals surface area contributed by atoms with Gasteiger partial charge in [-0.15, -0.1) is 0 Å². The number of carbonyl (C=O) groups is 1. The fraction of sp³-hybridized carbons (Fsp3) is 0.500. The molecule has 3 N–H and O–H groups in total. The molecule has 1 aromatic carbocycles. The van der Waals surface area contributed by atoms with Gasteiger partial charge >= 0.3 is 0 Å². The van der Waals surface area contributed by atoms with E-state index in [1.807, 2.05) is 0 Å². The van der Waals surface area contributed by atoms with E-state index in [2.05, 4.69) is 5.32 Å². The first-order chi connectivity index (χ1) is 10.1. The average Bonchev–Trinajstić information content (AvgIpc) is 2.42. The highest BCUT2D eigenvalue weighted by molar-refractivity contribution is 7.80. The van der Waals surface area contributed by atoms with Gasteiger partial charge in [-0.2, -0.15) is 0 Å². The Morgan fingerprint density at radius 1 is 1.14 bits per heavy atom. The highest BCUT2D eigenvalue weighted by Crippen LogP contribution is 2.28. The van der Waals surface area contributed by atoms with Gasteiger partial charge in [0.05, 0.1) is 21.1 Å². The number of amides is 1. The molecule has 1 aliphatic carbocycles. The summed E-state index contributed by atoms with van der Waals surface area (Å²) in [4.78, 5) is 12.9. The summed E-state index contributed by atoms with van der Waals surface area (Å²) in [5.74, 6) is -0.200. The predicted molar refractivity (Wildman–Crippen MR) is 90.8 cm³/mol. The van der Waals surface area contributed by atoms with E-state index in [4.69, 9.17) is 29.6 Å². The molecule has 0 heterocycles. The van der Waals surface area contributed by atoms with Gasteiger partial charge in [-0.25, -0.2) is 0 Å². The molecule has 5 heteroatoms. The number of rotatable bonds is 3. The molecule has 0 unspecified atom stereocenters. The lowest BCUT2D eigenvalue weighted by Gasteiger charge is -2.35. The first kappa shape index (κ1) is 16.2. The van der Waals surface area contributed by atoms with E-state index in [9.17, 15) is 4.79 Å². The maximum atomic E-state index is 12.5. The highest BCUT2D eigenvalue weighted by atomic mass is 35.5. The minimum atomic E-state index is -0.577. The Kier molecular flexibility index (Phi) is 5.59. The standard InChI is InChI=1S/C16H21ClN2OS/c17-13-9-5-4-8-12(13)14(20)19-16(15(18)21)10-6-2-1-3-7-11-16/h4-5,8-9H,1-3,6-7,10-11H2,(H2,18,21)(H,19,20). The maximum Gasteiger partial charge on any atom is 0.253 e. The third-order valence-corrected chi connectivity index (χ3v) is 4.87. The first-order valence-corrected chi connectivity index (χ1v) is 8.21. The van der Waals surface area contributed by atoms with Crippen molar-refractivity contribution in [2.24, 2.45) is 5.73 Å². The van der Waals surface area contributed by atoms with Gasteiger partial charge in [-0.05, 0) is 25.0 Å². The van der Waals surface area contributed by atoms with Gasteiger partial charge in [0.15, 0.2) is 0 Å². The Balaban J connectivity index is 2.21. The smallest absolute Gasteiger partial charge is 0.253 e. The van der Waals surface area contributed by atoms with Gasteiger partial charge < -0.3 is 11.1 Å². The van der Waals surface area contributed by atoms with E-state index in [0.717, 1.165) is 38.5 Å². The summed E-state index contributed by atoms with van der Waals surface area (Å²) < 4.78 is 0. The van der Waals surface area contributed by atoms with E-state index in [1.54, 1.807) is 24.3 Å². The molecule has 0 atom stereocenters. The number of nitrogens with two attached hydrogens (primary N) is 1. The van der Waals surface area contributed by atoms with E-state index >= 15 is 0 Å². The van der Waals surface area contributed by atoms with Gasteiger partial charge in [0.25, 0.3) is 5.91 Å². The van der Waals surface area contributed by atoms with Crippen LogP contribution in [0, 0.1) is 0 Å². The molecule has 0 spiro atoms. The summed E-state index contributed by atoms with van der Waals surface area (Å²) in [5.41, 5.74) is 5.86. The van der Waals surface area contributed by atoms with Crippen LogP contribution in [0.25, 0.3) is 0 Å². The number of benzene rings is 1. The number of hydrogen-bond acceptors (Lipinski definition) is 2. The molecule has 1 fully saturated rings. The summed E-state index contributed by atoms with van der Waals surface area (Å²) in [6, 6.07) is 7.03. The first-order valence-electron chi connectivity index (χ1n) is 7.42. The number of halogens is 1. The fourth-order valence-electron chi connectivity index (χ4n) is 2.87. The van der Waals surface area contributed by atoms with E-state index in [0.29, 0.717) is 15.6 Å². The lowest BCUT2D eigenvalue weighted by molar-refractivity contribution is 0.0913. The molecule has 0 bridgehead atoms. The van der Waals surface area contributed by atoms with Crippen LogP contribution < -0.4 is 11.1 Å². The summed E-state index contributed by atoms with van der Waals surface area (Å²) in [6.07, 6.45) is 7.22. The molecule has 0 aromatic heterocycles. The van der Waals surface area contributed by atoms with Crippen molar-refractivity contribution in [3.05, 3.63) is 34.9 Å². The second-order valence-corrected chi connectivity index (χ2v) is 6.50. The van der Waals surface area contributed by atoms with Crippen molar-refractivity contribution in [1.82, 2.24) is 5.32 Å². The molecular weight excluding hydrogens is 304 g/mol. The Hall–Kier alpha value is -1.13. The van der Waals surface area contributed by atoms with Crippen molar-refractivity contribution >= 4 is 34.7 Å². The Morgan fingerprint density at radius 2 is 1.71 bits per heavy atom. The normalized spacial score (nSPS) is 18.3. The molecule has 1 aliphatic rings. The zero-order chi connectivity index (χ0) is 15.3. The summed E-state index contributed by atoms with van der Waals surface area (Å²) in [5, 5.41) is 3.51. The largest absolute Gasteiger partial charge is 0.391 e. The molecule has 3 nitrogen and oxygen atoms in total. The summed E-state index contributed by atoms with van der Waals surface area (Å²) >= 11 is 11.4. The van der Waals surface area contributed by atoms with E-state index < -0.39 is 5.54 Å². The van der Waals surface area contributed by atoms with Gasteiger partial charge in [0.2, 0.25) is 0 Å². The van der Waals surface area contributed by atoms with Crippen molar-refractivity contribution in [3.63, 3.8) is 0 Å². The van der Waals surface area contributed by atoms with Crippen molar-refractivity contribution in [3.8, 4) is 0 Å². The number of carbonyl (C=O) groups excluding carboxylic acids is 1. The van der Waals surface area contributed by atoms with Crippen molar-refractivity contribution in [1.29, 1.82) is 0 Å². The molecule has 2 rings (SSSR count). The molecule has 1 saturated carbocycles. The van der Waals surface area contributed by atoms with Crippen LogP contribution in [-0.2, 0) is 0 Å². The van der Waals surface area contributed by atoms with Gasteiger partial charge in [-0.1, -0.05) is 68.1 Å². The predicted octanol–water partition coefficient (Wildman–Crippen LogP) is 3.84. The molecule has 0 saturated heterocycles. The van der Waals surface area contributed by atoms with Crippen LogP contribution in [0.2, 0.25) is 5.02 Å². The maximum absolute atomic E-state index is 12.5. The topological polar surface area (TPSA) is 55.1 Å². The quantitative estimate of drug-likeness (QED) is 0.831.